The number of hydrogen-bond donors (Lipinski definition) is 0. The smallest absolute Gasteiger partial charge is 0.255 e. The van der Waals surface area contributed by atoms with Gasteiger partial charge in [0.2, 0.25) is 0 Å². The van der Waals surface area contributed by atoms with Gasteiger partial charge in [-0.15, -0.1) is 0 Å². The summed E-state index contributed by atoms with van der Waals surface area (Å²) in [7, 11) is 0. The van der Waals surface area contributed by atoms with E-state index in [4.69, 9.17) is 11.6 Å². The normalized spacial score (nSPS) is 18.0. The van der Waals surface area contributed by atoms with Crippen LogP contribution < -0.4 is 0 Å². The molecule has 1 aliphatic rings. The van der Waals surface area contributed by atoms with Crippen molar-refractivity contribution in [2.45, 2.75) is 25.8 Å². The summed E-state index contributed by atoms with van der Waals surface area (Å²) >= 11 is 6.02. The van der Waals surface area contributed by atoms with E-state index in [0.717, 1.165) is 30.5 Å². The summed E-state index contributed by atoms with van der Waals surface area (Å²) < 4.78 is 0. The molecule has 2 aromatic rings. The Bertz CT molecular complexity index is 671. The quantitative estimate of drug-likeness (QED) is 0.839. The zero-order chi connectivity index (χ0) is 14.8. The van der Waals surface area contributed by atoms with Crippen molar-refractivity contribution in [1.29, 1.82) is 0 Å². The van der Waals surface area contributed by atoms with Gasteiger partial charge in [0.05, 0.1) is 5.56 Å². The maximum Gasteiger partial charge on any atom is 0.255 e. The van der Waals surface area contributed by atoms with Crippen LogP contribution in [0.5, 0.6) is 0 Å². The minimum Gasteiger partial charge on any atom is -0.336 e. The number of hydrogen-bond acceptors (Lipinski definition) is 2. The van der Waals surface area contributed by atoms with Gasteiger partial charge in [-0.25, -0.2) is 0 Å². The summed E-state index contributed by atoms with van der Waals surface area (Å²) in [5.74, 6) is 0.0661. The van der Waals surface area contributed by atoms with Gasteiger partial charge < -0.3 is 4.90 Å². The topological polar surface area (TPSA) is 33.2 Å². The molecule has 1 aliphatic heterocycles. The number of carbonyl (C=O) groups is 1. The van der Waals surface area contributed by atoms with E-state index in [1.54, 1.807) is 12.4 Å². The second kappa shape index (κ2) is 5.86. The monoisotopic (exact) mass is 300 g/mol. The Kier molecular flexibility index (Phi) is 3.93. The van der Waals surface area contributed by atoms with Gasteiger partial charge in [0.1, 0.15) is 0 Å². The molecule has 2 heterocycles. The van der Waals surface area contributed by atoms with Gasteiger partial charge in [-0.1, -0.05) is 23.7 Å². The molecule has 1 saturated heterocycles. The molecule has 0 aliphatic carbocycles. The van der Waals surface area contributed by atoms with E-state index in [9.17, 15) is 4.79 Å². The molecule has 1 atom stereocenters. The lowest BCUT2D eigenvalue weighted by Gasteiger charge is -2.21. The number of pyridine rings is 1. The number of rotatable bonds is 2. The van der Waals surface area contributed by atoms with Crippen LogP contribution in [-0.4, -0.2) is 28.4 Å². The minimum atomic E-state index is 0.0661. The first kappa shape index (κ1) is 14.1. The van der Waals surface area contributed by atoms with Gasteiger partial charge in [-0.05, 0) is 43.5 Å². The first-order valence-electron chi connectivity index (χ1n) is 7.17. The highest BCUT2D eigenvalue weighted by Gasteiger charge is 2.26. The third-order valence-corrected chi connectivity index (χ3v) is 4.19. The molecular weight excluding hydrogens is 284 g/mol. The molecule has 1 amide bonds. The van der Waals surface area contributed by atoms with Gasteiger partial charge in [0, 0.05) is 35.6 Å². The molecule has 108 valence electrons. The molecule has 0 radical (unpaired) electrons. The Hall–Kier alpha value is -1.87. The van der Waals surface area contributed by atoms with Gasteiger partial charge in [0.15, 0.2) is 0 Å². The van der Waals surface area contributed by atoms with Gasteiger partial charge in [0.25, 0.3) is 5.91 Å². The van der Waals surface area contributed by atoms with E-state index in [0.29, 0.717) is 16.6 Å². The van der Waals surface area contributed by atoms with Crippen molar-refractivity contribution in [2.75, 3.05) is 6.54 Å². The number of benzene rings is 1. The maximum absolute atomic E-state index is 12.6. The summed E-state index contributed by atoms with van der Waals surface area (Å²) in [6, 6.07) is 9.79. The molecule has 1 aromatic carbocycles. The number of likely N-dealkylation sites (tertiary alicyclic amines) is 1. The van der Waals surface area contributed by atoms with Crippen LogP contribution in [0.15, 0.2) is 42.7 Å². The van der Waals surface area contributed by atoms with E-state index in [1.807, 2.05) is 35.2 Å². The Balaban J connectivity index is 1.91. The first-order chi connectivity index (χ1) is 10.1. The molecule has 0 spiro atoms. The van der Waals surface area contributed by atoms with Crippen LogP contribution in [0.3, 0.4) is 0 Å². The van der Waals surface area contributed by atoms with Crippen LogP contribution in [0, 0.1) is 0 Å². The molecule has 1 unspecified atom stereocenters. The van der Waals surface area contributed by atoms with Crippen molar-refractivity contribution >= 4 is 17.5 Å². The highest BCUT2D eigenvalue weighted by Crippen LogP contribution is 2.24. The minimum absolute atomic E-state index is 0.0661. The molecule has 0 saturated carbocycles. The van der Waals surface area contributed by atoms with Crippen molar-refractivity contribution in [3.05, 3.63) is 53.3 Å². The molecule has 3 rings (SSSR count). The summed E-state index contributed by atoms with van der Waals surface area (Å²) in [4.78, 5) is 18.7. The largest absolute Gasteiger partial charge is 0.336 e. The fourth-order valence-electron chi connectivity index (χ4n) is 2.78. The lowest BCUT2D eigenvalue weighted by atomic mass is 10.1. The van der Waals surface area contributed by atoms with Crippen molar-refractivity contribution in [3.8, 4) is 11.1 Å². The van der Waals surface area contributed by atoms with E-state index in [1.165, 1.54) is 0 Å². The SMILES string of the molecule is CC1CCCN1C(=O)c1cncc(-c2cccc(Cl)c2)c1. The lowest BCUT2D eigenvalue weighted by Crippen LogP contribution is -2.33. The summed E-state index contributed by atoms with van der Waals surface area (Å²) in [6.07, 6.45) is 5.55. The summed E-state index contributed by atoms with van der Waals surface area (Å²) in [6.45, 7) is 2.93. The first-order valence-corrected chi connectivity index (χ1v) is 7.55. The molecule has 1 aromatic heterocycles. The molecule has 4 heteroatoms. The third-order valence-electron chi connectivity index (χ3n) is 3.96. The third kappa shape index (κ3) is 2.93. The fraction of sp³-hybridized carbons (Fsp3) is 0.294. The van der Waals surface area contributed by atoms with E-state index >= 15 is 0 Å². The van der Waals surface area contributed by atoms with Crippen molar-refractivity contribution in [1.82, 2.24) is 9.88 Å². The lowest BCUT2D eigenvalue weighted by molar-refractivity contribution is 0.0747. The van der Waals surface area contributed by atoms with Gasteiger partial charge in [-0.3, -0.25) is 9.78 Å². The van der Waals surface area contributed by atoms with Gasteiger partial charge >= 0.3 is 0 Å². The molecule has 0 bridgehead atoms. The van der Waals surface area contributed by atoms with Crippen LogP contribution in [-0.2, 0) is 0 Å². The number of aromatic nitrogens is 1. The fourth-order valence-corrected chi connectivity index (χ4v) is 2.97. The van der Waals surface area contributed by atoms with E-state index in [2.05, 4.69) is 11.9 Å². The second-order valence-electron chi connectivity index (χ2n) is 5.46. The van der Waals surface area contributed by atoms with Crippen LogP contribution in [0.25, 0.3) is 11.1 Å². The van der Waals surface area contributed by atoms with Crippen molar-refractivity contribution < 1.29 is 4.79 Å². The Morgan fingerprint density at radius 1 is 1.29 bits per heavy atom. The number of carbonyl (C=O) groups excluding carboxylic acids is 1. The highest BCUT2D eigenvalue weighted by molar-refractivity contribution is 6.30. The van der Waals surface area contributed by atoms with E-state index in [-0.39, 0.29) is 5.91 Å². The number of halogens is 1. The van der Waals surface area contributed by atoms with Crippen LogP contribution in [0.1, 0.15) is 30.1 Å². The van der Waals surface area contributed by atoms with Crippen LogP contribution in [0.2, 0.25) is 5.02 Å². The van der Waals surface area contributed by atoms with Crippen molar-refractivity contribution in [2.24, 2.45) is 0 Å². The maximum atomic E-state index is 12.6. The zero-order valence-electron chi connectivity index (χ0n) is 11.9. The Morgan fingerprint density at radius 3 is 2.86 bits per heavy atom. The highest BCUT2D eigenvalue weighted by atomic mass is 35.5. The molecule has 3 nitrogen and oxygen atoms in total. The van der Waals surface area contributed by atoms with Crippen LogP contribution in [0.4, 0.5) is 0 Å². The number of nitrogens with zero attached hydrogens (tertiary/aromatic N) is 2. The van der Waals surface area contributed by atoms with Crippen molar-refractivity contribution in [3.63, 3.8) is 0 Å². The predicted molar refractivity (Wildman–Crippen MR) is 84.4 cm³/mol. The molecule has 1 fully saturated rings. The number of amides is 1. The molecule has 0 N–H and O–H groups in total. The predicted octanol–water partition coefficient (Wildman–Crippen LogP) is 4.03. The zero-order valence-corrected chi connectivity index (χ0v) is 12.7. The Labute approximate surface area is 129 Å². The van der Waals surface area contributed by atoms with Gasteiger partial charge in [-0.2, -0.15) is 0 Å². The molecular formula is C17H17ClN2O. The summed E-state index contributed by atoms with van der Waals surface area (Å²) in [5.41, 5.74) is 2.52. The average Bonchev–Trinajstić information content (AvgIpc) is 2.93. The summed E-state index contributed by atoms with van der Waals surface area (Å²) in [5, 5.41) is 0.678. The standard InChI is InChI=1S/C17H17ClN2O/c1-12-4-3-7-20(12)17(21)15-8-14(10-19-11-15)13-5-2-6-16(18)9-13/h2,5-6,8-12H,3-4,7H2,1H3. The second-order valence-corrected chi connectivity index (χ2v) is 5.90. The molecule has 21 heavy (non-hydrogen) atoms. The average molecular weight is 301 g/mol. The van der Waals surface area contributed by atoms with Crippen LogP contribution >= 0.6 is 11.6 Å². The van der Waals surface area contributed by atoms with E-state index < -0.39 is 0 Å². The Morgan fingerprint density at radius 2 is 2.14 bits per heavy atom.